The Labute approximate surface area is 119 Å². The number of alkyl halides is 1. The molecule has 0 spiro atoms. The van der Waals surface area contributed by atoms with Gasteiger partial charge < -0.3 is 0 Å². The Morgan fingerprint density at radius 1 is 0.647 bits per heavy atom. The van der Waals surface area contributed by atoms with Crippen molar-refractivity contribution < 1.29 is 0 Å². The van der Waals surface area contributed by atoms with Crippen molar-refractivity contribution in [1.29, 1.82) is 0 Å². The van der Waals surface area contributed by atoms with E-state index in [0.717, 1.165) is 5.88 Å². The molecule has 0 aromatic carbocycles. The quantitative estimate of drug-likeness (QED) is 0.274. The van der Waals surface area contributed by atoms with E-state index in [0.29, 0.717) is 0 Å². The summed E-state index contributed by atoms with van der Waals surface area (Å²) in [5.74, 6) is 0.892. The van der Waals surface area contributed by atoms with Crippen LogP contribution in [0.3, 0.4) is 0 Å². The SMILES string of the molecule is CCC[CH2][Sn]([CH2]CCC)([CH2]CCC)[CH2]CCCl. The summed E-state index contributed by atoms with van der Waals surface area (Å²) in [6, 6.07) is 0. The van der Waals surface area contributed by atoms with Gasteiger partial charge in [-0.05, 0) is 0 Å². The van der Waals surface area contributed by atoms with Crippen molar-refractivity contribution in [3.05, 3.63) is 0 Å². The Hall–Kier alpha value is 1.09. The number of halogens is 1. The van der Waals surface area contributed by atoms with Crippen molar-refractivity contribution in [2.24, 2.45) is 0 Å². The Morgan fingerprint density at radius 3 is 1.29 bits per heavy atom. The van der Waals surface area contributed by atoms with Crippen molar-refractivity contribution in [2.75, 3.05) is 5.88 Å². The number of hydrogen-bond acceptors (Lipinski definition) is 0. The Kier molecular flexibility index (Phi) is 12.9. The fourth-order valence-electron chi connectivity index (χ4n) is 2.85. The van der Waals surface area contributed by atoms with Gasteiger partial charge in [0.25, 0.3) is 0 Å². The van der Waals surface area contributed by atoms with Gasteiger partial charge in [-0.2, -0.15) is 0 Å². The monoisotopic (exact) mass is 368 g/mol. The third-order valence-corrected chi connectivity index (χ3v) is 20.4. The van der Waals surface area contributed by atoms with Crippen molar-refractivity contribution in [2.45, 2.75) is 83.5 Å². The molecule has 0 atom stereocenters. The average molecular weight is 368 g/mol. The zero-order chi connectivity index (χ0) is 13.0. The van der Waals surface area contributed by atoms with Crippen LogP contribution in [0.1, 0.15) is 65.7 Å². The Morgan fingerprint density at radius 2 is 1.00 bits per heavy atom. The van der Waals surface area contributed by atoms with E-state index in [9.17, 15) is 0 Å². The van der Waals surface area contributed by atoms with Crippen LogP contribution < -0.4 is 0 Å². The Balaban J connectivity index is 4.39. The summed E-state index contributed by atoms with van der Waals surface area (Å²) in [5.41, 5.74) is 0. The first kappa shape index (κ1) is 18.1. The molecule has 0 N–H and O–H groups in total. The predicted molar refractivity (Wildman–Crippen MR) is 85.0 cm³/mol. The van der Waals surface area contributed by atoms with E-state index in [1.54, 1.807) is 17.7 Å². The van der Waals surface area contributed by atoms with Gasteiger partial charge in [-0.15, -0.1) is 0 Å². The zero-order valence-electron chi connectivity index (χ0n) is 12.4. The second kappa shape index (κ2) is 12.1. The maximum atomic E-state index is 5.94. The van der Waals surface area contributed by atoms with Crippen molar-refractivity contribution in [3.63, 3.8) is 0 Å². The molecule has 0 nitrogen and oxygen atoms in total. The molecule has 0 aliphatic heterocycles. The van der Waals surface area contributed by atoms with E-state index in [-0.39, 0.29) is 0 Å². The predicted octanol–water partition coefficient (Wildman–Crippen LogP) is 6.46. The van der Waals surface area contributed by atoms with Gasteiger partial charge in [-0.25, -0.2) is 0 Å². The first-order chi connectivity index (χ1) is 8.24. The van der Waals surface area contributed by atoms with E-state index in [4.69, 9.17) is 11.6 Å². The zero-order valence-corrected chi connectivity index (χ0v) is 16.0. The summed E-state index contributed by atoms with van der Waals surface area (Å²) in [5, 5.41) is 0. The molecule has 0 aliphatic rings. The Bertz CT molecular complexity index is 121. The van der Waals surface area contributed by atoms with Crippen LogP contribution >= 0.6 is 11.6 Å². The van der Waals surface area contributed by atoms with Crippen molar-refractivity contribution >= 4 is 30.0 Å². The first-order valence-electron chi connectivity index (χ1n) is 7.80. The van der Waals surface area contributed by atoms with Crippen LogP contribution in [-0.4, -0.2) is 24.3 Å². The van der Waals surface area contributed by atoms with Gasteiger partial charge in [0.1, 0.15) is 0 Å². The second-order valence-electron chi connectivity index (χ2n) is 5.60. The third-order valence-electron chi connectivity index (χ3n) is 4.02. The molecule has 104 valence electrons. The summed E-state index contributed by atoms with van der Waals surface area (Å²) in [7, 11) is 0. The molecule has 0 aliphatic carbocycles. The fraction of sp³-hybridized carbons (Fsp3) is 1.00. The standard InChI is InChI=1S/3C4H9.C3H6Cl.Sn/c3*1-3-4-2;1-2-3-4;/h3*1,3-4H2,2H3;1-3H2;. The van der Waals surface area contributed by atoms with Crippen LogP contribution in [0.25, 0.3) is 0 Å². The molecule has 0 saturated carbocycles. The van der Waals surface area contributed by atoms with E-state index in [2.05, 4.69) is 20.8 Å². The maximum absolute atomic E-state index is 5.94. The first-order valence-corrected chi connectivity index (χ1v) is 16.4. The summed E-state index contributed by atoms with van der Waals surface area (Å²) in [6.07, 6.45) is 9.94. The number of unbranched alkanes of at least 4 members (excludes halogenated alkanes) is 3. The van der Waals surface area contributed by atoms with Gasteiger partial charge in [0.05, 0.1) is 0 Å². The number of rotatable bonds is 12. The van der Waals surface area contributed by atoms with Gasteiger partial charge in [0, 0.05) is 0 Å². The molecule has 0 rings (SSSR count). The third kappa shape index (κ3) is 8.75. The van der Waals surface area contributed by atoms with E-state index in [1.165, 1.54) is 44.9 Å². The molecule has 0 amide bonds. The van der Waals surface area contributed by atoms with Crippen LogP contribution in [0.2, 0.25) is 17.7 Å². The summed E-state index contributed by atoms with van der Waals surface area (Å²) in [6.45, 7) is 7.04. The molecule has 17 heavy (non-hydrogen) atoms. The second-order valence-corrected chi connectivity index (χ2v) is 20.3. The van der Waals surface area contributed by atoms with Crippen LogP contribution in [-0.2, 0) is 0 Å². The van der Waals surface area contributed by atoms with Crippen LogP contribution in [0.4, 0.5) is 0 Å². The molecule has 0 radical (unpaired) electrons. The van der Waals surface area contributed by atoms with E-state index in [1.807, 2.05) is 0 Å². The van der Waals surface area contributed by atoms with Crippen LogP contribution in [0.15, 0.2) is 0 Å². The molecular formula is C15H33ClSn. The van der Waals surface area contributed by atoms with Crippen molar-refractivity contribution in [1.82, 2.24) is 0 Å². The van der Waals surface area contributed by atoms with Crippen molar-refractivity contribution in [3.8, 4) is 0 Å². The van der Waals surface area contributed by atoms with Gasteiger partial charge in [0.2, 0.25) is 0 Å². The van der Waals surface area contributed by atoms with Gasteiger partial charge in [-0.1, -0.05) is 0 Å². The molecule has 0 saturated heterocycles. The summed E-state index contributed by atoms with van der Waals surface area (Å²) < 4.78 is 6.49. The molecule has 0 aromatic rings. The van der Waals surface area contributed by atoms with Gasteiger partial charge in [-0.3, -0.25) is 0 Å². The summed E-state index contributed by atoms with van der Waals surface area (Å²) in [4.78, 5) is 0. The molecule has 0 heterocycles. The molecule has 0 fully saturated rings. The number of hydrogen-bond donors (Lipinski definition) is 0. The molecular weight excluding hydrogens is 334 g/mol. The summed E-state index contributed by atoms with van der Waals surface area (Å²) >= 11 is 4.17. The van der Waals surface area contributed by atoms with E-state index >= 15 is 0 Å². The minimum absolute atomic E-state index is 0.892. The van der Waals surface area contributed by atoms with Gasteiger partial charge in [0.15, 0.2) is 0 Å². The van der Waals surface area contributed by atoms with E-state index < -0.39 is 18.4 Å². The molecule has 0 bridgehead atoms. The minimum atomic E-state index is -1.78. The van der Waals surface area contributed by atoms with Gasteiger partial charge >= 0.3 is 119 Å². The fourth-order valence-corrected chi connectivity index (χ4v) is 20.0. The van der Waals surface area contributed by atoms with Crippen LogP contribution in [0, 0.1) is 0 Å². The van der Waals surface area contributed by atoms with Crippen LogP contribution in [0.5, 0.6) is 0 Å². The molecule has 2 heteroatoms. The average Bonchev–Trinajstić information content (AvgIpc) is 2.37. The molecule has 0 aromatic heterocycles. The topological polar surface area (TPSA) is 0 Å². The normalized spacial score (nSPS) is 12.0. The molecule has 0 unspecified atom stereocenters.